The SMILES string of the molecule is COC(=O)CC(CC(CC=O)O[Si]c1cccc(C)c1C)O[Si]c1cccc(C)c1C. The van der Waals surface area contributed by atoms with Gasteiger partial charge >= 0.3 is 5.97 Å². The van der Waals surface area contributed by atoms with Crippen LogP contribution in [0.1, 0.15) is 41.5 Å². The average molecular weight is 455 g/mol. The summed E-state index contributed by atoms with van der Waals surface area (Å²) in [6.45, 7) is 8.28. The minimum absolute atomic E-state index is 0.104. The van der Waals surface area contributed by atoms with Crippen molar-refractivity contribution in [3.05, 3.63) is 58.7 Å². The van der Waals surface area contributed by atoms with Crippen LogP contribution >= 0.6 is 0 Å². The van der Waals surface area contributed by atoms with Crippen molar-refractivity contribution in [1.29, 1.82) is 0 Å². The standard InChI is InChI=1S/C24H30O5Si2/c1-16-8-6-10-22(18(16)3)30-28-20(12-13-25)14-21(15-24(26)27-5)29-31-23-11-7-9-17(2)19(23)4/h6-11,13,20-21H,12,14-15H2,1-5H3. The number of esters is 1. The zero-order valence-corrected chi connectivity index (χ0v) is 20.9. The minimum Gasteiger partial charge on any atom is -0.469 e. The molecule has 31 heavy (non-hydrogen) atoms. The van der Waals surface area contributed by atoms with Gasteiger partial charge in [0.15, 0.2) is 0 Å². The quantitative estimate of drug-likeness (QED) is 0.280. The highest BCUT2D eigenvalue weighted by Crippen LogP contribution is 2.14. The molecule has 2 atom stereocenters. The summed E-state index contributed by atoms with van der Waals surface area (Å²) in [6.07, 6.45) is 0.975. The lowest BCUT2D eigenvalue weighted by Gasteiger charge is -2.23. The molecule has 2 rings (SSSR count). The molecule has 0 aliphatic carbocycles. The molecule has 0 aliphatic heterocycles. The predicted molar refractivity (Wildman–Crippen MR) is 124 cm³/mol. The number of carbonyl (C=O) groups is 2. The third kappa shape index (κ3) is 7.85. The minimum atomic E-state index is -0.390. The summed E-state index contributed by atoms with van der Waals surface area (Å²) >= 11 is 0. The van der Waals surface area contributed by atoms with Crippen LogP contribution in [-0.4, -0.2) is 51.1 Å². The molecule has 0 aliphatic rings. The summed E-state index contributed by atoms with van der Waals surface area (Å²) in [7, 11) is 1.60. The van der Waals surface area contributed by atoms with Crippen LogP contribution in [0.5, 0.6) is 0 Å². The van der Waals surface area contributed by atoms with E-state index in [1.807, 2.05) is 24.3 Å². The van der Waals surface area contributed by atoms with Gasteiger partial charge in [-0.05, 0) is 66.7 Å². The predicted octanol–water partition coefficient (Wildman–Crippen LogP) is 2.42. The molecule has 0 aromatic heterocycles. The number of methoxy groups -OCH3 is 1. The summed E-state index contributed by atoms with van der Waals surface area (Å²) in [5.74, 6) is -0.336. The van der Waals surface area contributed by atoms with Gasteiger partial charge in [-0.15, -0.1) is 0 Å². The van der Waals surface area contributed by atoms with Crippen LogP contribution in [-0.2, 0) is 23.2 Å². The molecule has 0 saturated carbocycles. The first kappa shape index (κ1) is 25.2. The fraction of sp³-hybridized carbons (Fsp3) is 0.417. The lowest BCUT2D eigenvalue weighted by Crippen LogP contribution is -2.34. The number of hydrogen-bond donors (Lipinski definition) is 0. The van der Waals surface area contributed by atoms with Gasteiger partial charge in [-0.25, -0.2) is 0 Å². The second-order valence-corrected chi connectivity index (χ2v) is 9.55. The molecule has 2 aromatic carbocycles. The van der Waals surface area contributed by atoms with Crippen LogP contribution in [0.3, 0.4) is 0 Å². The lowest BCUT2D eigenvalue weighted by atomic mass is 10.1. The van der Waals surface area contributed by atoms with E-state index in [2.05, 4.69) is 39.8 Å². The summed E-state index contributed by atoms with van der Waals surface area (Å²) in [5, 5.41) is 2.23. The molecular weight excluding hydrogens is 424 g/mol. The van der Waals surface area contributed by atoms with Crippen molar-refractivity contribution in [3.8, 4) is 0 Å². The molecular formula is C24H30O5Si2. The van der Waals surface area contributed by atoms with Crippen molar-refractivity contribution in [1.82, 2.24) is 0 Å². The molecule has 2 aromatic rings. The van der Waals surface area contributed by atoms with E-state index < -0.39 is 0 Å². The van der Waals surface area contributed by atoms with Gasteiger partial charge in [0.05, 0.1) is 25.7 Å². The maximum Gasteiger partial charge on any atom is 0.308 e. The van der Waals surface area contributed by atoms with E-state index in [0.717, 1.165) is 16.7 Å². The fourth-order valence-corrected chi connectivity index (χ4v) is 5.04. The highest BCUT2D eigenvalue weighted by Gasteiger charge is 2.22. The van der Waals surface area contributed by atoms with Gasteiger partial charge in [-0.2, -0.15) is 0 Å². The van der Waals surface area contributed by atoms with E-state index in [4.69, 9.17) is 13.6 Å². The number of aldehydes is 1. The molecule has 164 valence electrons. The Labute approximate surface area is 190 Å². The molecule has 0 heterocycles. The zero-order valence-electron chi connectivity index (χ0n) is 18.9. The second kappa shape index (κ2) is 12.7. The van der Waals surface area contributed by atoms with Crippen LogP contribution < -0.4 is 10.4 Å². The molecule has 0 bridgehead atoms. The van der Waals surface area contributed by atoms with E-state index >= 15 is 0 Å². The van der Waals surface area contributed by atoms with Crippen LogP contribution in [0, 0.1) is 27.7 Å². The van der Waals surface area contributed by atoms with Gasteiger partial charge in [-0.3, -0.25) is 4.79 Å². The van der Waals surface area contributed by atoms with Gasteiger partial charge in [0.25, 0.3) is 19.5 Å². The van der Waals surface area contributed by atoms with Crippen molar-refractivity contribution < 1.29 is 23.2 Å². The fourth-order valence-electron chi connectivity index (χ4n) is 3.05. The summed E-state index contributed by atoms with van der Waals surface area (Å²) in [4.78, 5) is 23.2. The normalized spacial score (nSPS) is 12.9. The Balaban J connectivity index is 2.07. The molecule has 4 radical (unpaired) electrons. The van der Waals surface area contributed by atoms with Gasteiger partial charge in [0, 0.05) is 6.42 Å². The molecule has 0 N–H and O–H groups in total. The molecule has 0 spiro atoms. The highest BCUT2D eigenvalue weighted by molar-refractivity contribution is 6.48. The zero-order chi connectivity index (χ0) is 22.8. The first-order valence-electron chi connectivity index (χ1n) is 10.3. The molecule has 0 amide bonds. The van der Waals surface area contributed by atoms with E-state index in [0.29, 0.717) is 6.42 Å². The molecule has 7 heteroatoms. The van der Waals surface area contributed by atoms with E-state index in [-0.39, 0.29) is 50.5 Å². The lowest BCUT2D eigenvalue weighted by molar-refractivity contribution is -0.142. The number of aryl methyl sites for hydroxylation is 2. The first-order chi connectivity index (χ1) is 14.8. The number of ether oxygens (including phenoxy) is 1. The van der Waals surface area contributed by atoms with E-state index in [1.165, 1.54) is 29.4 Å². The van der Waals surface area contributed by atoms with E-state index in [1.54, 1.807) is 0 Å². The average Bonchev–Trinajstić information content (AvgIpc) is 2.75. The van der Waals surface area contributed by atoms with Crippen LogP contribution in [0.4, 0.5) is 0 Å². The second-order valence-electron chi connectivity index (χ2n) is 7.60. The monoisotopic (exact) mass is 454 g/mol. The molecule has 2 unspecified atom stereocenters. The summed E-state index contributed by atoms with van der Waals surface area (Å²) in [6, 6.07) is 12.2. The topological polar surface area (TPSA) is 61.8 Å². The van der Waals surface area contributed by atoms with Crippen LogP contribution in [0.2, 0.25) is 0 Å². The highest BCUT2D eigenvalue weighted by atomic mass is 28.2. The Kier molecular flexibility index (Phi) is 10.3. The van der Waals surface area contributed by atoms with Crippen molar-refractivity contribution in [3.63, 3.8) is 0 Å². The molecule has 0 saturated heterocycles. The van der Waals surface area contributed by atoms with Crippen molar-refractivity contribution >= 4 is 42.2 Å². The van der Waals surface area contributed by atoms with Crippen LogP contribution in [0.15, 0.2) is 36.4 Å². The van der Waals surface area contributed by atoms with Crippen molar-refractivity contribution in [2.75, 3.05) is 7.11 Å². The Morgan fingerprint density at radius 1 is 0.903 bits per heavy atom. The van der Waals surface area contributed by atoms with Gasteiger partial charge in [0.2, 0.25) is 0 Å². The van der Waals surface area contributed by atoms with Gasteiger partial charge in [-0.1, -0.05) is 36.4 Å². The number of carbonyl (C=O) groups excluding carboxylic acids is 2. The van der Waals surface area contributed by atoms with Crippen molar-refractivity contribution in [2.24, 2.45) is 0 Å². The molecule has 0 fully saturated rings. The van der Waals surface area contributed by atoms with Gasteiger partial charge < -0.3 is 18.4 Å². The number of hydrogen-bond acceptors (Lipinski definition) is 5. The molecule has 5 nitrogen and oxygen atoms in total. The third-order valence-corrected chi connectivity index (χ3v) is 7.81. The number of rotatable bonds is 12. The third-order valence-electron chi connectivity index (χ3n) is 5.39. The number of benzene rings is 2. The smallest absolute Gasteiger partial charge is 0.308 e. The largest absolute Gasteiger partial charge is 0.469 e. The Morgan fingerprint density at radius 3 is 1.90 bits per heavy atom. The summed E-state index contributed by atoms with van der Waals surface area (Å²) < 4.78 is 17.1. The van der Waals surface area contributed by atoms with Gasteiger partial charge in [0.1, 0.15) is 6.29 Å². The Hall–Kier alpha value is -2.07. The Morgan fingerprint density at radius 2 is 1.42 bits per heavy atom. The van der Waals surface area contributed by atoms with Crippen LogP contribution in [0.25, 0.3) is 0 Å². The van der Waals surface area contributed by atoms with Crippen molar-refractivity contribution in [2.45, 2.75) is 59.2 Å². The maximum absolute atomic E-state index is 11.9. The summed E-state index contributed by atoms with van der Waals surface area (Å²) in [5.41, 5.74) is 4.80. The Bertz CT molecular complexity index is 884. The maximum atomic E-state index is 11.9. The first-order valence-corrected chi connectivity index (χ1v) is 12.1. The van der Waals surface area contributed by atoms with E-state index in [9.17, 15) is 9.59 Å².